The number of ether oxygens (including phenoxy) is 2. The van der Waals surface area contributed by atoms with E-state index >= 15 is 0 Å². The number of anilines is 2. The highest BCUT2D eigenvalue weighted by molar-refractivity contribution is 5.89. The minimum atomic E-state index is -0.292. The molecule has 34 heavy (non-hydrogen) atoms. The van der Waals surface area contributed by atoms with Crippen molar-refractivity contribution in [3.8, 4) is 11.5 Å². The Morgan fingerprint density at radius 2 is 1.79 bits per heavy atom. The van der Waals surface area contributed by atoms with E-state index in [0.717, 1.165) is 60.1 Å². The second kappa shape index (κ2) is 11.1. The Kier molecular flexibility index (Phi) is 7.69. The largest absolute Gasteiger partial charge is 0.497 e. The molecule has 0 amide bonds. The zero-order valence-electron chi connectivity index (χ0n) is 20.1. The van der Waals surface area contributed by atoms with E-state index in [-0.39, 0.29) is 5.92 Å². The lowest BCUT2D eigenvalue weighted by atomic mass is 10.1. The molecule has 1 atom stereocenters. The lowest BCUT2D eigenvalue weighted by Crippen LogP contribution is -2.31. The number of hydrogen-bond donors (Lipinski definition) is 1. The summed E-state index contributed by atoms with van der Waals surface area (Å²) >= 11 is 0. The van der Waals surface area contributed by atoms with Crippen molar-refractivity contribution >= 4 is 34.8 Å². The highest BCUT2D eigenvalue weighted by Crippen LogP contribution is 2.34. The van der Waals surface area contributed by atoms with E-state index in [0.29, 0.717) is 5.69 Å². The van der Waals surface area contributed by atoms with Crippen molar-refractivity contribution in [2.24, 2.45) is 4.99 Å². The average molecular weight is 461 g/mol. The predicted octanol–water partition coefficient (Wildman–Crippen LogP) is 4.31. The highest BCUT2D eigenvalue weighted by Gasteiger charge is 2.18. The molecule has 8 nitrogen and oxygen atoms in total. The van der Waals surface area contributed by atoms with Crippen LogP contribution in [-0.2, 0) is 0 Å². The van der Waals surface area contributed by atoms with Gasteiger partial charge >= 0.3 is 0 Å². The van der Waals surface area contributed by atoms with E-state index in [1.165, 1.54) is 19.1 Å². The van der Waals surface area contributed by atoms with Gasteiger partial charge in [-0.15, -0.1) is 0 Å². The normalized spacial score (nSPS) is 15.0. The quantitative estimate of drug-likeness (QED) is 0.454. The number of rotatable bonds is 10. The Labute approximate surface area is 200 Å². The molecule has 1 saturated heterocycles. The summed E-state index contributed by atoms with van der Waals surface area (Å²) in [6.45, 7) is 4.07. The molecule has 0 spiro atoms. The number of methoxy groups -OCH3 is 2. The fourth-order valence-electron chi connectivity index (χ4n) is 4.31. The van der Waals surface area contributed by atoms with Gasteiger partial charge in [0.15, 0.2) is 0 Å². The zero-order chi connectivity index (χ0) is 23.9. The number of benzene rings is 2. The summed E-state index contributed by atoms with van der Waals surface area (Å²) in [6.07, 6.45) is 7.28. The van der Waals surface area contributed by atoms with Crippen LogP contribution in [0.1, 0.15) is 24.5 Å². The van der Waals surface area contributed by atoms with Crippen LogP contribution in [0.3, 0.4) is 0 Å². The SMILES string of the molecule is CN=CC(C=N)c1cnc2ccc(N(CCN3CCCC3)c3cc(OC)cc(OC)c3)cc2n1. The summed E-state index contributed by atoms with van der Waals surface area (Å²) in [6, 6.07) is 12.1. The van der Waals surface area contributed by atoms with Gasteiger partial charge in [-0.1, -0.05) is 0 Å². The number of hydrogen-bond acceptors (Lipinski definition) is 8. The van der Waals surface area contributed by atoms with Crippen LogP contribution in [-0.4, -0.2) is 74.7 Å². The topological polar surface area (TPSA) is 86.9 Å². The first-order chi connectivity index (χ1) is 16.6. The molecule has 2 aromatic carbocycles. The van der Waals surface area contributed by atoms with Crippen molar-refractivity contribution in [1.29, 1.82) is 5.41 Å². The number of nitrogens with one attached hydrogen (secondary N) is 1. The molecule has 1 fully saturated rings. The summed E-state index contributed by atoms with van der Waals surface area (Å²) in [4.78, 5) is 18.2. The van der Waals surface area contributed by atoms with E-state index in [2.05, 4.69) is 31.9 Å². The average Bonchev–Trinajstić information content (AvgIpc) is 3.40. The molecule has 1 unspecified atom stereocenters. The second-order valence-electron chi connectivity index (χ2n) is 8.34. The van der Waals surface area contributed by atoms with Crippen molar-refractivity contribution in [1.82, 2.24) is 14.9 Å². The smallest absolute Gasteiger partial charge is 0.124 e. The van der Waals surface area contributed by atoms with Gasteiger partial charge in [0.2, 0.25) is 0 Å². The van der Waals surface area contributed by atoms with Crippen LogP contribution in [0.15, 0.2) is 47.6 Å². The van der Waals surface area contributed by atoms with Crippen LogP contribution in [0, 0.1) is 5.41 Å². The summed E-state index contributed by atoms with van der Waals surface area (Å²) in [5.41, 5.74) is 4.31. The van der Waals surface area contributed by atoms with Gasteiger partial charge in [-0.25, -0.2) is 4.98 Å². The van der Waals surface area contributed by atoms with Gasteiger partial charge in [-0.3, -0.25) is 9.98 Å². The molecule has 1 aliphatic rings. The molecule has 4 rings (SSSR count). The maximum absolute atomic E-state index is 7.72. The molecular weight excluding hydrogens is 428 g/mol. The highest BCUT2D eigenvalue weighted by atomic mass is 16.5. The second-order valence-corrected chi connectivity index (χ2v) is 8.34. The first-order valence-electron chi connectivity index (χ1n) is 11.6. The van der Waals surface area contributed by atoms with Gasteiger partial charge in [0, 0.05) is 62.1 Å². The Morgan fingerprint density at radius 1 is 1.06 bits per heavy atom. The molecule has 178 valence electrons. The van der Waals surface area contributed by atoms with Gasteiger partial charge in [-0.05, 0) is 44.1 Å². The maximum Gasteiger partial charge on any atom is 0.124 e. The zero-order valence-corrected chi connectivity index (χ0v) is 20.1. The Morgan fingerprint density at radius 3 is 2.44 bits per heavy atom. The van der Waals surface area contributed by atoms with E-state index in [1.807, 2.05) is 24.3 Å². The fraction of sp³-hybridized carbons (Fsp3) is 0.385. The lowest BCUT2D eigenvalue weighted by Gasteiger charge is -2.28. The third-order valence-electron chi connectivity index (χ3n) is 6.17. The molecule has 0 saturated carbocycles. The summed E-state index contributed by atoms with van der Waals surface area (Å²) in [5.74, 6) is 1.20. The third-order valence-corrected chi connectivity index (χ3v) is 6.17. The molecule has 2 heterocycles. The van der Waals surface area contributed by atoms with E-state index < -0.39 is 0 Å². The van der Waals surface area contributed by atoms with Crippen molar-refractivity contribution < 1.29 is 9.47 Å². The van der Waals surface area contributed by atoms with Crippen molar-refractivity contribution in [2.45, 2.75) is 18.8 Å². The number of likely N-dealkylation sites (tertiary alicyclic amines) is 1. The van der Waals surface area contributed by atoms with Crippen molar-refractivity contribution in [3.05, 3.63) is 48.3 Å². The lowest BCUT2D eigenvalue weighted by molar-refractivity contribution is 0.348. The minimum Gasteiger partial charge on any atom is -0.497 e. The van der Waals surface area contributed by atoms with Crippen molar-refractivity contribution in [3.63, 3.8) is 0 Å². The fourth-order valence-corrected chi connectivity index (χ4v) is 4.31. The molecule has 1 aromatic heterocycles. The molecule has 0 bridgehead atoms. The Balaban J connectivity index is 1.74. The molecule has 3 aromatic rings. The van der Waals surface area contributed by atoms with Crippen LogP contribution in [0.4, 0.5) is 11.4 Å². The van der Waals surface area contributed by atoms with Crippen molar-refractivity contribution in [2.75, 3.05) is 52.3 Å². The summed E-state index contributed by atoms with van der Waals surface area (Å²) < 4.78 is 11.1. The Hall–Kier alpha value is -3.52. The number of fused-ring (bicyclic) bond motifs is 1. The van der Waals surface area contributed by atoms with E-state index in [4.69, 9.17) is 19.9 Å². The van der Waals surface area contributed by atoms with Crippen LogP contribution < -0.4 is 14.4 Å². The number of aliphatic imine (C=N–C) groups is 1. The van der Waals surface area contributed by atoms with Crippen LogP contribution in [0.25, 0.3) is 11.0 Å². The third kappa shape index (κ3) is 5.34. The van der Waals surface area contributed by atoms with Gasteiger partial charge in [0.25, 0.3) is 0 Å². The maximum atomic E-state index is 7.72. The van der Waals surface area contributed by atoms with Gasteiger partial charge in [0.1, 0.15) is 11.5 Å². The van der Waals surface area contributed by atoms with Gasteiger partial charge < -0.3 is 24.7 Å². The van der Waals surface area contributed by atoms with Crippen LogP contribution in [0.5, 0.6) is 11.5 Å². The summed E-state index contributed by atoms with van der Waals surface area (Å²) in [5, 5.41) is 7.72. The van der Waals surface area contributed by atoms with E-state index in [1.54, 1.807) is 33.7 Å². The van der Waals surface area contributed by atoms with E-state index in [9.17, 15) is 0 Å². The minimum absolute atomic E-state index is 0.292. The standard InChI is InChI=1S/C26H32N6O2/c1-28-17-19(16-27)26-18-29-24-7-6-20(14-25(24)30-26)32(11-10-31-8-4-5-9-31)21-12-22(33-2)15-23(13-21)34-3/h6-7,12-19,27H,4-5,8-11H2,1-3H3. The molecular formula is C26H32N6O2. The number of aromatic nitrogens is 2. The Bertz CT molecular complexity index is 1140. The first-order valence-corrected chi connectivity index (χ1v) is 11.6. The predicted molar refractivity (Wildman–Crippen MR) is 138 cm³/mol. The van der Waals surface area contributed by atoms with Crippen LogP contribution >= 0.6 is 0 Å². The molecule has 8 heteroatoms. The molecule has 0 aliphatic carbocycles. The number of nitrogens with zero attached hydrogens (tertiary/aromatic N) is 5. The van der Waals surface area contributed by atoms with Gasteiger partial charge in [0.05, 0.1) is 43.1 Å². The van der Waals surface area contributed by atoms with Gasteiger partial charge in [-0.2, -0.15) is 0 Å². The molecule has 0 radical (unpaired) electrons. The first kappa shape index (κ1) is 23.6. The molecule has 1 N–H and O–H groups in total. The summed E-state index contributed by atoms with van der Waals surface area (Å²) in [7, 11) is 5.03. The van der Waals surface area contributed by atoms with Crippen LogP contribution in [0.2, 0.25) is 0 Å². The monoisotopic (exact) mass is 460 g/mol. The molecule has 1 aliphatic heterocycles.